The third-order valence-corrected chi connectivity index (χ3v) is 13.2. The predicted molar refractivity (Wildman–Crippen MR) is 274 cm³/mol. The number of rotatable bonds is 9. The number of pyridine rings is 1. The Morgan fingerprint density at radius 3 is 1.74 bits per heavy atom. The van der Waals surface area contributed by atoms with Gasteiger partial charge in [0, 0.05) is 77.7 Å². The summed E-state index contributed by atoms with van der Waals surface area (Å²) in [7, 11) is 0. The third kappa shape index (κ3) is 8.24. The van der Waals surface area contributed by atoms with Crippen LogP contribution in [0.1, 0.15) is 42.1 Å². The maximum Gasteiger partial charge on any atom is 0.139 e. The van der Waals surface area contributed by atoms with Crippen molar-refractivity contribution in [3.63, 3.8) is 0 Å². The fourth-order valence-corrected chi connectivity index (χ4v) is 9.69. The topological polar surface area (TPSA) is 48.7 Å². The number of hydrogen-bond donors (Lipinski definition) is 0. The quantitative estimate of drug-likeness (QED) is 0.135. The van der Waals surface area contributed by atoms with E-state index < -0.39 is 0 Å². The normalized spacial score (nSPS) is 14.1. The van der Waals surface area contributed by atoms with Crippen LogP contribution >= 0.6 is 0 Å². The average molecular weight is 1070 g/mol. The maximum absolute atomic E-state index is 7.18. The van der Waals surface area contributed by atoms with Crippen molar-refractivity contribution in [2.75, 3.05) is 5.01 Å². The fraction of sp³-hybridized carbons (Fsp3) is 0.0635. The van der Waals surface area contributed by atoms with Gasteiger partial charge in [-0.2, -0.15) is 6.07 Å². The first-order valence-electron chi connectivity index (χ1n) is 23.0. The van der Waals surface area contributed by atoms with E-state index >= 15 is 0 Å². The van der Waals surface area contributed by atoms with Crippen LogP contribution < -0.4 is 14.5 Å². The Kier molecular flexibility index (Phi) is 11.6. The summed E-state index contributed by atoms with van der Waals surface area (Å²) in [5.41, 5.74) is 21.5. The average Bonchev–Trinajstić information content (AvgIpc) is 3.79. The molecule has 9 aromatic carbocycles. The smallest absolute Gasteiger partial charge is 0.139 e. The molecule has 0 amide bonds. The maximum atomic E-state index is 7.18. The van der Waals surface area contributed by atoms with Crippen LogP contribution in [0.25, 0.3) is 61.2 Å². The first-order chi connectivity index (χ1) is 33.4. The molecule has 2 aliphatic rings. The number of aromatic nitrogens is 1. The summed E-state index contributed by atoms with van der Waals surface area (Å²) in [4.78, 5) is 5.00. The van der Waals surface area contributed by atoms with Crippen molar-refractivity contribution >= 4 is 11.4 Å². The number of ether oxygens (including phenoxy) is 2. The van der Waals surface area contributed by atoms with Crippen molar-refractivity contribution in [3.8, 4) is 78.8 Å². The molecular weight excluding hydrogens is 1030 g/mol. The Morgan fingerprint density at radius 2 is 1.09 bits per heavy atom. The first kappa shape index (κ1) is 43.7. The molecule has 5 nitrogen and oxygen atoms in total. The first-order valence-corrected chi connectivity index (χ1v) is 23.0. The summed E-state index contributed by atoms with van der Waals surface area (Å²) in [6, 6.07) is 82.5. The molecule has 3 heterocycles. The van der Waals surface area contributed by atoms with E-state index in [1.54, 1.807) is 0 Å². The summed E-state index contributed by atoms with van der Waals surface area (Å²) in [6.45, 7) is 4.58. The Bertz CT molecular complexity index is 3410. The Hall–Kier alpha value is -7.82. The van der Waals surface area contributed by atoms with E-state index in [0.29, 0.717) is 11.5 Å². The minimum absolute atomic E-state index is 0. The molecule has 6 heteroatoms. The molecule has 1 atom stereocenters. The van der Waals surface area contributed by atoms with Crippen LogP contribution in [0.5, 0.6) is 23.0 Å². The zero-order chi connectivity index (χ0) is 45.6. The van der Waals surface area contributed by atoms with E-state index in [0.717, 1.165) is 89.8 Å². The van der Waals surface area contributed by atoms with Gasteiger partial charge in [-0.1, -0.05) is 195 Å². The molecule has 1 unspecified atom stereocenters. The Morgan fingerprint density at radius 1 is 0.522 bits per heavy atom. The second-order valence-electron chi connectivity index (χ2n) is 17.8. The zero-order valence-electron chi connectivity index (χ0n) is 37.9. The van der Waals surface area contributed by atoms with Crippen molar-refractivity contribution in [2.24, 2.45) is 0 Å². The summed E-state index contributed by atoms with van der Waals surface area (Å²) < 4.78 is 13.6. The Labute approximate surface area is 418 Å². The van der Waals surface area contributed by atoms with Crippen LogP contribution in [-0.4, -0.2) is 4.98 Å². The molecule has 0 bridgehead atoms. The number of para-hydroxylation sites is 3. The van der Waals surface area contributed by atoms with Gasteiger partial charge in [-0.15, -0.1) is 42.0 Å². The molecule has 12 rings (SSSR count). The van der Waals surface area contributed by atoms with Crippen LogP contribution in [0.2, 0.25) is 0 Å². The standard InChI is InChI=1S/C63H44N3O2.Pt/c1-63(2)56-31-16-29-53(61(56)68-62-54(30-17-32-57(62)63)49-37-47(42-18-6-3-7-19-42)36-48(38-49)43-20-8-4-9-21-43)46-34-35-58(64-41-46)45-24-14-26-51(39-45)67-52-27-15-25-50(40-52)66-59-33-13-12-28-55(59)60(65-66)44-22-10-5-11-23-44;/h3-38,41,60H,1-2H3;/q-3;. The number of fused-ring (bicyclic) bond motifs is 3. The van der Waals surface area contributed by atoms with E-state index in [9.17, 15) is 0 Å². The van der Waals surface area contributed by atoms with Gasteiger partial charge < -0.3 is 24.9 Å². The van der Waals surface area contributed by atoms with Crippen molar-refractivity contribution in [3.05, 3.63) is 264 Å². The minimum Gasteiger partial charge on any atom is -0.554 e. The van der Waals surface area contributed by atoms with Crippen molar-refractivity contribution in [1.29, 1.82) is 0 Å². The number of nitrogens with zero attached hydrogens (tertiary/aromatic N) is 3. The molecule has 69 heavy (non-hydrogen) atoms. The molecule has 0 N–H and O–H groups in total. The van der Waals surface area contributed by atoms with Crippen molar-refractivity contribution in [1.82, 2.24) is 4.98 Å². The van der Waals surface area contributed by atoms with Crippen molar-refractivity contribution < 1.29 is 30.5 Å². The van der Waals surface area contributed by atoms with Gasteiger partial charge in [-0.05, 0) is 63.3 Å². The monoisotopic (exact) mass is 1070 g/mol. The van der Waals surface area contributed by atoms with E-state index in [1.165, 1.54) is 11.1 Å². The van der Waals surface area contributed by atoms with Crippen molar-refractivity contribution in [2.45, 2.75) is 25.3 Å². The van der Waals surface area contributed by atoms with E-state index in [1.807, 2.05) is 65.8 Å². The largest absolute Gasteiger partial charge is 0.554 e. The van der Waals surface area contributed by atoms with Gasteiger partial charge in [0.1, 0.15) is 11.5 Å². The van der Waals surface area contributed by atoms with Gasteiger partial charge >= 0.3 is 0 Å². The molecule has 10 aromatic rings. The summed E-state index contributed by atoms with van der Waals surface area (Å²) in [6.07, 6.45) is 1.93. The van der Waals surface area contributed by atoms with E-state index in [-0.39, 0.29) is 32.5 Å². The zero-order valence-corrected chi connectivity index (χ0v) is 40.2. The van der Waals surface area contributed by atoms with Crippen LogP contribution in [0.4, 0.5) is 11.4 Å². The summed E-state index contributed by atoms with van der Waals surface area (Å²) in [5.74, 6) is 2.85. The van der Waals surface area contributed by atoms with Gasteiger partial charge in [0.15, 0.2) is 0 Å². The van der Waals surface area contributed by atoms with Gasteiger partial charge in [0.2, 0.25) is 0 Å². The van der Waals surface area contributed by atoms with Crippen LogP contribution in [0, 0.1) is 12.1 Å². The summed E-state index contributed by atoms with van der Waals surface area (Å²) >= 11 is 0. The van der Waals surface area contributed by atoms with Crippen LogP contribution in [0.15, 0.2) is 225 Å². The molecule has 0 saturated carbocycles. The molecular formula is C63H44N3O2Pt-3. The molecule has 1 aromatic heterocycles. The van der Waals surface area contributed by atoms with Crippen LogP contribution in [-0.2, 0) is 26.5 Å². The molecule has 2 aliphatic heterocycles. The van der Waals surface area contributed by atoms with Crippen LogP contribution in [0.3, 0.4) is 0 Å². The van der Waals surface area contributed by atoms with Gasteiger partial charge in [-0.3, -0.25) is 0 Å². The Balaban J connectivity index is 0.00000520. The second-order valence-corrected chi connectivity index (χ2v) is 17.8. The second kappa shape index (κ2) is 18.3. The summed E-state index contributed by atoms with van der Waals surface area (Å²) in [5, 5.41) is 1.96. The third-order valence-electron chi connectivity index (χ3n) is 13.2. The molecule has 0 aliphatic carbocycles. The number of anilines is 2. The van der Waals surface area contributed by atoms with E-state index in [4.69, 9.17) is 19.9 Å². The molecule has 0 fully saturated rings. The molecule has 336 valence electrons. The number of hydrogen-bond acceptors (Lipinski definition) is 4. The number of benzene rings is 9. The fourth-order valence-electron chi connectivity index (χ4n) is 9.69. The van der Waals surface area contributed by atoms with Gasteiger partial charge in [-0.25, -0.2) is 0 Å². The van der Waals surface area contributed by atoms with Gasteiger partial charge in [0.05, 0.1) is 0 Å². The predicted octanol–water partition coefficient (Wildman–Crippen LogP) is 16.8. The molecule has 0 radical (unpaired) electrons. The van der Waals surface area contributed by atoms with Gasteiger partial charge in [0.25, 0.3) is 0 Å². The molecule has 0 spiro atoms. The SMILES string of the molecule is CC1(C)c2cccc(-c3ccc(-c4[c-]c(Oc5[c-]c(N6[N-]C(c7ccccc7)c7ccccc76)ccc5)ccc4)nc3)c2Oc2c(-c3cc(-c4ccccc4)cc(-c4ccccc4)c3)cccc21.[Pt]. The molecule has 0 saturated heterocycles. The van der Waals surface area contributed by atoms with E-state index in [2.05, 4.69) is 190 Å². The minimum atomic E-state index is -0.341.